The van der Waals surface area contributed by atoms with Crippen molar-refractivity contribution < 1.29 is 4.79 Å². The van der Waals surface area contributed by atoms with Crippen LogP contribution in [0.5, 0.6) is 0 Å². The largest absolute Gasteiger partial charge is 0.328 e. The normalized spacial score (nSPS) is 17.6. The predicted molar refractivity (Wildman–Crippen MR) is 97.5 cm³/mol. The molecule has 25 heavy (non-hydrogen) atoms. The van der Waals surface area contributed by atoms with Gasteiger partial charge in [0.15, 0.2) is 5.82 Å². The Hall–Kier alpha value is -2.47. The second-order valence-electron chi connectivity index (χ2n) is 6.29. The molecular weight excluding hydrogens is 332 g/mol. The first kappa shape index (κ1) is 16.0. The molecule has 128 valence electrons. The molecule has 1 aliphatic rings. The van der Waals surface area contributed by atoms with Crippen LogP contribution in [0.15, 0.2) is 54.2 Å². The molecule has 5 nitrogen and oxygen atoms in total. The van der Waals surface area contributed by atoms with E-state index in [0.717, 1.165) is 43.1 Å². The molecule has 1 aromatic carbocycles. The van der Waals surface area contributed by atoms with Crippen molar-refractivity contribution in [2.45, 2.75) is 31.8 Å². The van der Waals surface area contributed by atoms with Crippen molar-refractivity contribution in [2.24, 2.45) is 0 Å². The van der Waals surface area contributed by atoms with Crippen molar-refractivity contribution in [1.82, 2.24) is 19.7 Å². The minimum absolute atomic E-state index is 0.00503. The average Bonchev–Trinajstić information content (AvgIpc) is 3.34. The molecule has 3 aromatic rings. The summed E-state index contributed by atoms with van der Waals surface area (Å²) in [4.78, 5) is 15.7. The van der Waals surface area contributed by atoms with Gasteiger partial charge in [-0.2, -0.15) is 0 Å². The zero-order chi connectivity index (χ0) is 17.1. The monoisotopic (exact) mass is 352 g/mol. The number of piperidine rings is 1. The number of carbonyl (C=O) groups is 1. The van der Waals surface area contributed by atoms with Gasteiger partial charge in [-0.25, -0.2) is 0 Å². The van der Waals surface area contributed by atoms with Gasteiger partial charge in [0.25, 0.3) is 5.91 Å². The molecule has 0 bridgehead atoms. The fraction of sp³-hybridized carbons (Fsp3) is 0.316. The van der Waals surface area contributed by atoms with E-state index in [1.54, 1.807) is 6.33 Å². The second-order valence-corrected chi connectivity index (χ2v) is 7.24. The zero-order valence-electron chi connectivity index (χ0n) is 13.9. The third kappa shape index (κ3) is 3.35. The molecule has 0 radical (unpaired) electrons. The van der Waals surface area contributed by atoms with Crippen LogP contribution in [0, 0.1) is 0 Å². The first-order valence-corrected chi connectivity index (χ1v) is 9.47. The molecule has 0 unspecified atom stereocenters. The molecule has 0 N–H and O–H groups in total. The van der Waals surface area contributed by atoms with Crippen LogP contribution in [-0.2, 0) is 6.54 Å². The van der Waals surface area contributed by atoms with Gasteiger partial charge in [-0.1, -0.05) is 36.4 Å². The number of likely N-dealkylation sites (tertiary alicyclic amines) is 1. The van der Waals surface area contributed by atoms with Gasteiger partial charge < -0.3 is 9.47 Å². The standard InChI is InChI=1S/C19H20N4OS/c24-19(17-10-6-12-25-17)23-11-5-4-9-16(23)18-21-20-14-22(18)13-15-7-2-1-3-8-15/h1-3,6-8,10,12,14,16H,4-5,9,11,13H2/t16-/m1/s1. The Kier molecular flexibility index (Phi) is 4.61. The Labute approximate surface area is 150 Å². The summed E-state index contributed by atoms with van der Waals surface area (Å²) < 4.78 is 2.07. The maximum Gasteiger partial charge on any atom is 0.264 e. The van der Waals surface area contributed by atoms with E-state index < -0.39 is 0 Å². The lowest BCUT2D eigenvalue weighted by Crippen LogP contribution is -2.39. The highest BCUT2D eigenvalue weighted by Gasteiger charge is 2.32. The smallest absolute Gasteiger partial charge is 0.264 e. The van der Waals surface area contributed by atoms with Crippen molar-refractivity contribution in [3.8, 4) is 0 Å². The molecule has 0 aliphatic carbocycles. The summed E-state index contributed by atoms with van der Waals surface area (Å²) in [7, 11) is 0. The molecule has 1 aliphatic heterocycles. The number of nitrogens with zero attached hydrogens (tertiary/aromatic N) is 4. The summed E-state index contributed by atoms with van der Waals surface area (Å²) >= 11 is 1.50. The van der Waals surface area contributed by atoms with Gasteiger partial charge in [0.2, 0.25) is 0 Å². The Morgan fingerprint density at radius 1 is 1.16 bits per heavy atom. The molecule has 3 heterocycles. The average molecular weight is 352 g/mol. The van der Waals surface area contributed by atoms with Crippen molar-refractivity contribution in [2.75, 3.05) is 6.54 Å². The first-order chi connectivity index (χ1) is 12.3. The number of hydrogen-bond acceptors (Lipinski definition) is 4. The van der Waals surface area contributed by atoms with Crippen molar-refractivity contribution >= 4 is 17.2 Å². The summed E-state index contributed by atoms with van der Waals surface area (Å²) in [6.07, 6.45) is 4.85. The third-order valence-electron chi connectivity index (χ3n) is 4.63. The summed E-state index contributed by atoms with van der Waals surface area (Å²) in [6.45, 7) is 1.50. The number of rotatable bonds is 4. The van der Waals surface area contributed by atoms with E-state index in [-0.39, 0.29) is 11.9 Å². The molecule has 1 amide bonds. The maximum atomic E-state index is 12.9. The van der Waals surface area contributed by atoms with Gasteiger partial charge in [0.1, 0.15) is 6.33 Å². The van der Waals surface area contributed by atoms with Gasteiger partial charge in [0, 0.05) is 6.54 Å². The second kappa shape index (κ2) is 7.19. The lowest BCUT2D eigenvalue weighted by atomic mass is 10.0. The van der Waals surface area contributed by atoms with Crippen LogP contribution in [0.1, 0.15) is 46.4 Å². The number of hydrogen-bond donors (Lipinski definition) is 0. The fourth-order valence-electron chi connectivity index (χ4n) is 3.41. The van der Waals surface area contributed by atoms with Crippen LogP contribution in [0.3, 0.4) is 0 Å². The highest BCUT2D eigenvalue weighted by molar-refractivity contribution is 7.12. The number of carbonyl (C=O) groups excluding carboxylic acids is 1. The Balaban J connectivity index is 1.61. The topological polar surface area (TPSA) is 51.0 Å². The lowest BCUT2D eigenvalue weighted by Gasteiger charge is -2.35. The highest BCUT2D eigenvalue weighted by atomic mass is 32.1. The first-order valence-electron chi connectivity index (χ1n) is 8.59. The van der Waals surface area contributed by atoms with Crippen LogP contribution in [0.25, 0.3) is 0 Å². The number of amides is 1. The molecular formula is C19H20N4OS. The van der Waals surface area contributed by atoms with E-state index in [1.807, 2.05) is 40.6 Å². The molecule has 1 fully saturated rings. The van der Waals surface area contributed by atoms with Gasteiger partial charge in [-0.05, 0) is 36.3 Å². The lowest BCUT2D eigenvalue weighted by molar-refractivity contribution is 0.0600. The van der Waals surface area contributed by atoms with Crippen molar-refractivity contribution in [3.63, 3.8) is 0 Å². The van der Waals surface area contributed by atoms with E-state index in [4.69, 9.17) is 0 Å². The van der Waals surface area contributed by atoms with Crippen LogP contribution >= 0.6 is 11.3 Å². The van der Waals surface area contributed by atoms with Gasteiger partial charge in [-0.3, -0.25) is 4.79 Å². The van der Waals surface area contributed by atoms with Gasteiger partial charge in [0.05, 0.1) is 17.5 Å². The van der Waals surface area contributed by atoms with E-state index in [1.165, 1.54) is 16.9 Å². The zero-order valence-corrected chi connectivity index (χ0v) is 14.7. The quantitative estimate of drug-likeness (QED) is 0.718. The van der Waals surface area contributed by atoms with Crippen LogP contribution < -0.4 is 0 Å². The summed E-state index contributed by atoms with van der Waals surface area (Å²) in [5.41, 5.74) is 1.20. The Morgan fingerprint density at radius 3 is 2.84 bits per heavy atom. The minimum atomic E-state index is -0.00503. The number of thiophene rings is 1. The number of aromatic nitrogens is 3. The van der Waals surface area contributed by atoms with Crippen molar-refractivity contribution in [3.05, 3.63) is 70.4 Å². The van der Waals surface area contributed by atoms with Crippen molar-refractivity contribution in [1.29, 1.82) is 0 Å². The third-order valence-corrected chi connectivity index (χ3v) is 5.49. The molecule has 4 rings (SSSR count). The van der Waals surface area contributed by atoms with E-state index in [9.17, 15) is 4.79 Å². The molecule has 6 heteroatoms. The van der Waals surface area contributed by atoms with E-state index in [2.05, 4.69) is 26.9 Å². The molecule has 2 aromatic heterocycles. The summed E-state index contributed by atoms with van der Waals surface area (Å²) in [5, 5.41) is 10.4. The van der Waals surface area contributed by atoms with Crippen LogP contribution in [0.2, 0.25) is 0 Å². The van der Waals surface area contributed by atoms with Gasteiger partial charge in [-0.15, -0.1) is 21.5 Å². The highest BCUT2D eigenvalue weighted by Crippen LogP contribution is 2.32. The molecule has 0 saturated carbocycles. The maximum absolute atomic E-state index is 12.9. The van der Waals surface area contributed by atoms with Crippen LogP contribution in [-0.4, -0.2) is 32.1 Å². The predicted octanol–water partition coefficient (Wildman–Crippen LogP) is 3.76. The van der Waals surface area contributed by atoms with Gasteiger partial charge >= 0.3 is 0 Å². The molecule has 1 saturated heterocycles. The Bertz CT molecular complexity index is 828. The Morgan fingerprint density at radius 2 is 2.04 bits per heavy atom. The minimum Gasteiger partial charge on any atom is -0.328 e. The van der Waals surface area contributed by atoms with E-state index in [0.29, 0.717) is 0 Å². The fourth-order valence-corrected chi connectivity index (χ4v) is 4.09. The van der Waals surface area contributed by atoms with E-state index >= 15 is 0 Å². The summed E-state index contributed by atoms with van der Waals surface area (Å²) in [5.74, 6) is 0.988. The number of benzene rings is 1. The molecule has 0 spiro atoms. The SMILES string of the molecule is O=C(c1cccs1)N1CCCC[C@@H]1c1nncn1Cc1ccccc1. The molecule has 1 atom stereocenters. The summed E-state index contributed by atoms with van der Waals surface area (Å²) in [6, 6.07) is 14.1. The van der Waals surface area contributed by atoms with Crippen LogP contribution in [0.4, 0.5) is 0 Å².